The summed E-state index contributed by atoms with van der Waals surface area (Å²) in [7, 11) is 0. The molecule has 3 heterocycles. The van der Waals surface area contributed by atoms with Crippen LogP contribution in [0.4, 0.5) is 11.5 Å². The van der Waals surface area contributed by atoms with E-state index in [1.54, 1.807) is 12.3 Å². The van der Waals surface area contributed by atoms with E-state index in [2.05, 4.69) is 46.0 Å². The predicted molar refractivity (Wildman–Crippen MR) is 119 cm³/mol. The van der Waals surface area contributed by atoms with Crippen molar-refractivity contribution < 1.29 is 4.79 Å². The Balaban J connectivity index is 1.44. The lowest BCUT2D eigenvalue weighted by molar-refractivity contribution is 0.0724. The molecule has 1 amide bonds. The first-order valence-electron chi connectivity index (χ1n) is 10.6. The number of hydrogen-bond donors (Lipinski definition) is 0. The molecule has 2 aliphatic heterocycles. The van der Waals surface area contributed by atoms with Crippen LogP contribution in [0.15, 0.2) is 36.5 Å². The third kappa shape index (κ3) is 4.67. The Morgan fingerprint density at radius 2 is 1.59 bits per heavy atom. The number of aryl methyl sites for hydroxylation is 1. The number of carbonyl (C=O) groups excluding carboxylic acids is 1. The van der Waals surface area contributed by atoms with Crippen molar-refractivity contribution in [3.05, 3.63) is 52.7 Å². The van der Waals surface area contributed by atoms with Crippen LogP contribution >= 0.6 is 11.6 Å². The van der Waals surface area contributed by atoms with Crippen molar-refractivity contribution in [2.75, 3.05) is 49.1 Å². The SMILES string of the molecule is Cc1ccc(N2CCCN(c3ncc(C(=O)N4CCCCC4)cc3Cl)CC2)cc1. The Bertz CT molecular complexity index is 848. The molecule has 0 saturated carbocycles. The minimum absolute atomic E-state index is 0.0482. The second kappa shape index (κ2) is 9.04. The van der Waals surface area contributed by atoms with Gasteiger partial charge in [0.1, 0.15) is 5.82 Å². The van der Waals surface area contributed by atoms with Crippen LogP contribution in [-0.2, 0) is 0 Å². The number of likely N-dealkylation sites (tertiary alicyclic amines) is 1. The molecular weight excluding hydrogens is 384 g/mol. The van der Waals surface area contributed by atoms with Gasteiger partial charge in [-0.05, 0) is 50.8 Å². The second-order valence-corrected chi connectivity index (χ2v) is 8.45. The average molecular weight is 413 g/mol. The molecule has 0 unspecified atom stereocenters. The van der Waals surface area contributed by atoms with Crippen molar-refractivity contribution >= 4 is 29.0 Å². The number of pyridine rings is 1. The molecule has 2 saturated heterocycles. The van der Waals surface area contributed by atoms with Gasteiger partial charge in [-0.15, -0.1) is 0 Å². The molecule has 29 heavy (non-hydrogen) atoms. The summed E-state index contributed by atoms with van der Waals surface area (Å²) in [4.78, 5) is 23.9. The number of nitrogens with zero attached hydrogens (tertiary/aromatic N) is 4. The van der Waals surface area contributed by atoms with Gasteiger partial charge in [0.05, 0.1) is 10.6 Å². The van der Waals surface area contributed by atoms with Crippen LogP contribution in [-0.4, -0.2) is 55.1 Å². The standard InChI is InChI=1S/C23H29ClN4O/c1-18-6-8-20(9-7-18)26-12-5-13-27(15-14-26)22-21(24)16-19(17-25-22)23(29)28-10-3-2-4-11-28/h6-9,16-17H,2-5,10-15H2,1H3. The molecule has 0 spiro atoms. The lowest BCUT2D eigenvalue weighted by atomic mass is 10.1. The number of anilines is 2. The fraction of sp³-hybridized carbons (Fsp3) is 0.478. The molecule has 6 heteroatoms. The highest BCUT2D eigenvalue weighted by Crippen LogP contribution is 2.27. The molecule has 0 N–H and O–H groups in total. The zero-order chi connectivity index (χ0) is 20.2. The molecule has 2 aromatic rings. The van der Waals surface area contributed by atoms with Gasteiger partial charge in [0.2, 0.25) is 0 Å². The average Bonchev–Trinajstić information content (AvgIpc) is 3.00. The number of amides is 1. The minimum atomic E-state index is 0.0482. The van der Waals surface area contributed by atoms with Crippen LogP contribution in [0.25, 0.3) is 0 Å². The quantitative estimate of drug-likeness (QED) is 0.749. The summed E-state index contributed by atoms with van der Waals surface area (Å²) in [5, 5.41) is 0.566. The molecule has 0 radical (unpaired) electrons. The first kappa shape index (κ1) is 20.0. The number of piperidine rings is 1. The topological polar surface area (TPSA) is 39.7 Å². The van der Waals surface area contributed by atoms with E-state index in [9.17, 15) is 4.79 Å². The molecule has 0 aliphatic carbocycles. The summed E-state index contributed by atoms with van der Waals surface area (Å²) in [6.07, 6.45) is 6.10. The molecule has 154 valence electrons. The molecule has 4 rings (SSSR count). The summed E-state index contributed by atoms with van der Waals surface area (Å²) in [6.45, 7) is 7.49. The zero-order valence-electron chi connectivity index (χ0n) is 17.1. The van der Waals surface area contributed by atoms with Crippen molar-refractivity contribution in [3.8, 4) is 0 Å². The maximum Gasteiger partial charge on any atom is 0.255 e. The van der Waals surface area contributed by atoms with Gasteiger partial charge in [-0.2, -0.15) is 0 Å². The van der Waals surface area contributed by atoms with Gasteiger partial charge < -0.3 is 14.7 Å². The van der Waals surface area contributed by atoms with Gasteiger partial charge in [0.25, 0.3) is 5.91 Å². The Morgan fingerprint density at radius 1 is 0.897 bits per heavy atom. The van der Waals surface area contributed by atoms with Crippen LogP contribution < -0.4 is 9.80 Å². The summed E-state index contributed by atoms with van der Waals surface area (Å²) in [6, 6.07) is 10.5. The smallest absolute Gasteiger partial charge is 0.255 e. The van der Waals surface area contributed by atoms with E-state index in [0.29, 0.717) is 10.6 Å². The number of benzene rings is 1. The molecular formula is C23H29ClN4O. The Labute approximate surface area is 178 Å². The molecule has 1 aromatic carbocycles. The van der Waals surface area contributed by atoms with Crippen LogP contribution in [0.2, 0.25) is 5.02 Å². The zero-order valence-corrected chi connectivity index (χ0v) is 17.9. The molecule has 5 nitrogen and oxygen atoms in total. The Morgan fingerprint density at radius 3 is 2.31 bits per heavy atom. The number of halogens is 1. The summed E-state index contributed by atoms with van der Waals surface area (Å²) >= 11 is 6.58. The van der Waals surface area contributed by atoms with Crippen LogP contribution in [0.3, 0.4) is 0 Å². The Kier molecular flexibility index (Phi) is 6.24. The summed E-state index contributed by atoms with van der Waals surface area (Å²) in [5.41, 5.74) is 3.14. The third-order valence-corrected chi connectivity index (χ3v) is 6.18. The highest BCUT2D eigenvalue weighted by atomic mass is 35.5. The lowest BCUT2D eigenvalue weighted by Crippen LogP contribution is -2.35. The van der Waals surface area contributed by atoms with Crippen LogP contribution in [0, 0.1) is 6.92 Å². The van der Waals surface area contributed by atoms with E-state index in [1.807, 2.05) is 4.90 Å². The van der Waals surface area contributed by atoms with Crippen molar-refractivity contribution in [1.82, 2.24) is 9.88 Å². The highest BCUT2D eigenvalue weighted by Gasteiger charge is 2.22. The normalized spacial score (nSPS) is 17.9. The Hall–Kier alpha value is -2.27. The highest BCUT2D eigenvalue weighted by molar-refractivity contribution is 6.33. The molecule has 0 bridgehead atoms. The molecule has 0 atom stereocenters. The van der Waals surface area contributed by atoms with Gasteiger partial charge in [-0.3, -0.25) is 4.79 Å². The van der Waals surface area contributed by atoms with Gasteiger partial charge in [0.15, 0.2) is 0 Å². The van der Waals surface area contributed by atoms with E-state index in [4.69, 9.17) is 11.6 Å². The number of rotatable bonds is 3. The van der Waals surface area contributed by atoms with Gasteiger partial charge >= 0.3 is 0 Å². The summed E-state index contributed by atoms with van der Waals surface area (Å²) < 4.78 is 0. The number of aromatic nitrogens is 1. The maximum atomic E-state index is 12.7. The summed E-state index contributed by atoms with van der Waals surface area (Å²) in [5.74, 6) is 0.833. The number of hydrogen-bond acceptors (Lipinski definition) is 4. The van der Waals surface area contributed by atoms with Gasteiger partial charge in [-0.25, -0.2) is 4.98 Å². The van der Waals surface area contributed by atoms with E-state index in [0.717, 1.165) is 64.3 Å². The predicted octanol–water partition coefficient (Wildman–Crippen LogP) is 4.39. The second-order valence-electron chi connectivity index (χ2n) is 8.05. The van der Waals surface area contributed by atoms with Crippen molar-refractivity contribution in [2.24, 2.45) is 0 Å². The number of carbonyl (C=O) groups is 1. The van der Waals surface area contributed by atoms with Crippen molar-refractivity contribution in [2.45, 2.75) is 32.6 Å². The van der Waals surface area contributed by atoms with E-state index in [1.165, 1.54) is 17.7 Å². The molecule has 1 aromatic heterocycles. The fourth-order valence-electron chi connectivity index (χ4n) is 4.20. The van der Waals surface area contributed by atoms with Gasteiger partial charge in [-0.1, -0.05) is 29.3 Å². The van der Waals surface area contributed by atoms with E-state index < -0.39 is 0 Å². The lowest BCUT2D eigenvalue weighted by Gasteiger charge is -2.27. The maximum absolute atomic E-state index is 12.7. The van der Waals surface area contributed by atoms with Crippen molar-refractivity contribution in [3.63, 3.8) is 0 Å². The fourth-order valence-corrected chi connectivity index (χ4v) is 4.49. The third-order valence-electron chi connectivity index (χ3n) is 5.91. The first-order chi connectivity index (χ1) is 14.1. The largest absolute Gasteiger partial charge is 0.370 e. The molecule has 2 fully saturated rings. The van der Waals surface area contributed by atoms with Crippen molar-refractivity contribution in [1.29, 1.82) is 0 Å². The van der Waals surface area contributed by atoms with E-state index >= 15 is 0 Å². The minimum Gasteiger partial charge on any atom is -0.370 e. The molecule has 2 aliphatic rings. The van der Waals surface area contributed by atoms with Crippen LogP contribution in [0.1, 0.15) is 41.6 Å². The van der Waals surface area contributed by atoms with Crippen LogP contribution in [0.5, 0.6) is 0 Å². The monoisotopic (exact) mass is 412 g/mol. The van der Waals surface area contributed by atoms with Gasteiger partial charge in [0, 0.05) is 51.2 Å². The first-order valence-corrected chi connectivity index (χ1v) is 11.0. The van der Waals surface area contributed by atoms with E-state index in [-0.39, 0.29) is 5.91 Å².